The number of nitrogens with zero attached hydrogens (tertiary/aromatic N) is 3. The molecular formula is C14H20N4O2S. The van der Waals surface area contributed by atoms with Crippen molar-refractivity contribution in [3.63, 3.8) is 0 Å². The second-order valence-electron chi connectivity index (χ2n) is 5.97. The Morgan fingerprint density at radius 3 is 2.52 bits per heavy atom. The summed E-state index contributed by atoms with van der Waals surface area (Å²) in [5.41, 5.74) is 0.793. The van der Waals surface area contributed by atoms with E-state index in [1.807, 2.05) is 34.6 Å². The number of anilines is 1. The number of carbonyl (C=O) groups excluding carboxylic acids is 1. The molecule has 0 spiro atoms. The molecule has 0 fully saturated rings. The first kappa shape index (κ1) is 15.6. The summed E-state index contributed by atoms with van der Waals surface area (Å²) >= 11 is 1.48. The quantitative estimate of drug-likeness (QED) is 0.939. The van der Waals surface area contributed by atoms with E-state index in [0.717, 1.165) is 10.6 Å². The molecule has 0 saturated heterocycles. The fourth-order valence-corrected chi connectivity index (χ4v) is 2.42. The molecule has 0 aliphatic rings. The van der Waals surface area contributed by atoms with E-state index in [1.54, 1.807) is 0 Å². The Morgan fingerprint density at radius 2 is 2.00 bits per heavy atom. The highest BCUT2D eigenvalue weighted by atomic mass is 32.1. The highest BCUT2D eigenvalue weighted by molar-refractivity contribution is 7.15. The maximum Gasteiger partial charge on any atom is 0.227 e. The number of rotatable bonds is 4. The zero-order valence-electron chi connectivity index (χ0n) is 13.0. The summed E-state index contributed by atoms with van der Waals surface area (Å²) in [6.07, 6.45) is 0.724. The van der Waals surface area contributed by atoms with Crippen LogP contribution < -0.4 is 5.32 Å². The first-order valence-electron chi connectivity index (χ1n) is 6.82. The second kappa shape index (κ2) is 5.93. The predicted octanol–water partition coefficient (Wildman–Crippen LogP) is 3.01. The van der Waals surface area contributed by atoms with E-state index in [1.165, 1.54) is 11.3 Å². The van der Waals surface area contributed by atoms with E-state index in [4.69, 9.17) is 4.52 Å². The van der Waals surface area contributed by atoms with Gasteiger partial charge in [0.25, 0.3) is 0 Å². The topological polar surface area (TPSA) is 80.9 Å². The average molecular weight is 308 g/mol. The molecule has 0 aliphatic heterocycles. The lowest BCUT2D eigenvalue weighted by Gasteiger charge is -2.10. The Kier molecular flexibility index (Phi) is 4.41. The number of hydrogen-bond donors (Lipinski definition) is 1. The minimum atomic E-state index is -0.153. The molecule has 0 saturated carbocycles. The highest BCUT2D eigenvalue weighted by Gasteiger charge is 2.21. The summed E-state index contributed by atoms with van der Waals surface area (Å²) in [7, 11) is 0. The number of aryl methyl sites for hydroxylation is 3. The lowest BCUT2D eigenvalue weighted by molar-refractivity contribution is -0.116. The first-order valence-corrected chi connectivity index (χ1v) is 7.64. The van der Waals surface area contributed by atoms with E-state index < -0.39 is 0 Å². The van der Waals surface area contributed by atoms with Crippen LogP contribution in [0.1, 0.15) is 49.5 Å². The Morgan fingerprint density at radius 1 is 1.29 bits per heavy atom. The third-order valence-corrected chi connectivity index (χ3v) is 3.97. The van der Waals surface area contributed by atoms with Crippen molar-refractivity contribution in [1.29, 1.82) is 0 Å². The van der Waals surface area contributed by atoms with E-state index in [2.05, 4.69) is 20.4 Å². The molecule has 2 heterocycles. The maximum atomic E-state index is 11.9. The summed E-state index contributed by atoms with van der Waals surface area (Å²) in [5, 5.41) is 7.36. The summed E-state index contributed by atoms with van der Waals surface area (Å²) < 4.78 is 5.16. The molecule has 2 rings (SSSR count). The van der Waals surface area contributed by atoms with E-state index in [9.17, 15) is 4.79 Å². The monoisotopic (exact) mass is 308 g/mol. The van der Waals surface area contributed by atoms with Crippen molar-refractivity contribution in [1.82, 2.24) is 15.1 Å². The van der Waals surface area contributed by atoms with Gasteiger partial charge in [0.05, 0.1) is 5.69 Å². The molecule has 0 atom stereocenters. The summed E-state index contributed by atoms with van der Waals surface area (Å²) in [5.74, 6) is 1.05. The molecule has 0 radical (unpaired) electrons. The van der Waals surface area contributed by atoms with Crippen LogP contribution in [0.3, 0.4) is 0 Å². The molecule has 114 valence electrons. The molecular weight excluding hydrogens is 288 g/mol. The Balaban J connectivity index is 1.88. The number of nitrogens with one attached hydrogen (secondary N) is 1. The fourth-order valence-electron chi connectivity index (χ4n) is 1.59. The van der Waals surface area contributed by atoms with Crippen LogP contribution in [0.2, 0.25) is 0 Å². The van der Waals surface area contributed by atoms with Gasteiger partial charge in [-0.05, 0) is 13.8 Å². The first-order chi connectivity index (χ1) is 9.75. The molecule has 0 aliphatic carbocycles. The van der Waals surface area contributed by atoms with Crippen LogP contribution in [0.4, 0.5) is 5.13 Å². The summed E-state index contributed by atoms with van der Waals surface area (Å²) in [6, 6.07) is 0. The summed E-state index contributed by atoms with van der Waals surface area (Å²) in [6.45, 7) is 9.95. The van der Waals surface area contributed by atoms with Crippen LogP contribution in [-0.4, -0.2) is 21.0 Å². The average Bonchev–Trinajstić information content (AvgIpc) is 2.94. The third kappa shape index (κ3) is 4.10. The van der Waals surface area contributed by atoms with Gasteiger partial charge in [-0.1, -0.05) is 25.9 Å². The van der Waals surface area contributed by atoms with Crippen LogP contribution >= 0.6 is 11.3 Å². The summed E-state index contributed by atoms with van der Waals surface area (Å²) in [4.78, 5) is 21.6. The van der Waals surface area contributed by atoms with E-state index >= 15 is 0 Å². The van der Waals surface area contributed by atoms with Crippen LogP contribution in [0.25, 0.3) is 0 Å². The fraction of sp³-hybridized carbons (Fsp3) is 0.571. The Labute approximate surface area is 128 Å². The van der Waals surface area contributed by atoms with Crippen molar-refractivity contribution < 1.29 is 9.32 Å². The maximum absolute atomic E-state index is 11.9. The standard InChI is InChI=1S/C14H20N4O2S/c1-8-9(2)21-13(15-8)16-10(19)6-7-11-17-12(18-20-11)14(3,4)5/h6-7H2,1-5H3,(H,15,16,19). The molecule has 2 aromatic heterocycles. The van der Waals surface area contributed by atoms with Gasteiger partial charge in [0.1, 0.15) is 0 Å². The number of thiazole rings is 1. The zero-order valence-corrected chi connectivity index (χ0v) is 13.8. The molecule has 0 aromatic carbocycles. The minimum absolute atomic E-state index is 0.0979. The van der Waals surface area contributed by atoms with E-state index in [-0.39, 0.29) is 11.3 Å². The molecule has 2 aromatic rings. The van der Waals surface area contributed by atoms with Crippen molar-refractivity contribution in [2.75, 3.05) is 5.32 Å². The second-order valence-corrected chi connectivity index (χ2v) is 7.17. The zero-order chi connectivity index (χ0) is 15.6. The van der Waals surface area contributed by atoms with Gasteiger partial charge in [-0.15, -0.1) is 11.3 Å². The van der Waals surface area contributed by atoms with Crippen LogP contribution in [0.15, 0.2) is 4.52 Å². The van der Waals surface area contributed by atoms with E-state index in [0.29, 0.717) is 29.7 Å². The van der Waals surface area contributed by atoms with Gasteiger partial charge in [-0.3, -0.25) is 4.79 Å². The molecule has 21 heavy (non-hydrogen) atoms. The molecule has 0 bridgehead atoms. The molecule has 6 nitrogen and oxygen atoms in total. The molecule has 1 amide bonds. The number of hydrogen-bond acceptors (Lipinski definition) is 6. The predicted molar refractivity (Wildman–Crippen MR) is 81.5 cm³/mol. The lowest BCUT2D eigenvalue weighted by Crippen LogP contribution is -2.14. The molecule has 1 N–H and O–H groups in total. The number of amides is 1. The smallest absolute Gasteiger partial charge is 0.227 e. The normalized spacial score (nSPS) is 11.7. The van der Waals surface area contributed by atoms with Gasteiger partial charge in [0.15, 0.2) is 11.0 Å². The largest absolute Gasteiger partial charge is 0.339 e. The molecule has 7 heteroatoms. The van der Waals surface area contributed by atoms with Crippen LogP contribution in [0, 0.1) is 13.8 Å². The molecule has 0 unspecified atom stereocenters. The van der Waals surface area contributed by atoms with Crippen LogP contribution in [0.5, 0.6) is 0 Å². The Hall–Kier alpha value is -1.76. The van der Waals surface area contributed by atoms with Gasteiger partial charge in [-0.2, -0.15) is 4.98 Å². The SMILES string of the molecule is Cc1nc(NC(=O)CCc2nc(C(C)(C)C)no2)sc1C. The van der Waals surface area contributed by atoms with Gasteiger partial charge < -0.3 is 9.84 Å². The van der Waals surface area contributed by atoms with Gasteiger partial charge in [-0.25, -0.2) is 4.98 Å². The van der Waals surface area contributed by atoms with Crippen LogP contribution in [-0.2, 0) is 16.6 Å². The lowest BCUT2D eigenvalue weighted by atomic mass is 9.96. The van der Waals surface area contributed by atoms with Crippen molar-refractivity contribution in [2.24, 2.45) is 0 Å². The van der Waals surface area contributed by atoms with Gasteiger partial charge in [0.2, 0.25) is 11.8 Å². The number of carbonyl (C=O) groups is 1. The highest BCUT2D eigenvalue weighted by Crippen LogP contribution is 2.21. The van der Waals surface area contributed by atoms with Crippen molar-refractivity contribution in [3.8, 4) is 0 Å². The van der Waals surface area contributed by atoms with Gasteiger partial charge in [0, 0.05) is 23.1 Å². The van der Waals surface area contributed by atoms with Crippen molar-refractivity contribution >= 4 is 22.4 Å². The van der Waals surface area contributed by atoms with Crippen molar-refractivity contribution in [2.45, 2.75) is 52.9 Å². The Bertz CT molecular complexity index is 620. The number of aromatic nitrogens is 3. The third-order valence-electron chi connectivity index (χ3n) is 2.98. The van der Waals surface area contributed by atoms with Gasteiger partial charge >= 0.3 is 0 Å². The minimum Gasteiger partial charge on any atom is -0.339 e. The van der Waals surface area contributed by atoms with Crippen molar-refractivity contribution in [3.05, 3.63) is 22.3 Å².